The van der Waals surface area contributed by atoms with Gasteiger partial charge in [0.15, 0.2) is 0 Å². The van der Waals surface area contributed by atoms with Crippen LogP contribution in [0.15, 0.2) is 11.8 Å². The van der Waals surface area contributed by atoms with Gasteiger partial charge in [0.1, 0.15) is 0 Å². The fourth-order valence-corrected chi connectivity index (χ4v) is 2.74. The van der Waals surface area contributed by atoms with Crippen LogP contribution in [0.2, 0.25) is 0 Å². The van der Waals surface area contributed by atoms with E-state index in [2.05, 4.69) is 0 Å². The first-order chi connectivity index (χ1) is 7.95. The summed E-state index contributed by atoms with van der Waals surface area (Å²) in [5, 5.41) is 0. The third kappa shape index (κ3) is 6.30. The van der Waals surface area contributed by atoms with Crippen molar-refractivity contribution < 1.29 is 18.0 Å². The summed E-state index contributed by atoms with van der Waals surface area (Å²) in [6, 6.07) is 0. The summed E-state index contributed by atoms with van der Waals surface area (Å²) in [5.41, 5.74) is 6.86. The molecule has 0 heterocycles. The maximum absolute atomic E-state index is 5.69. The van der Waals surface area contributed by atoms with Crippen molar-refractivity contribution in [1.82, 2.24) is 0 Å². The Balaban J connectivity index is 4.44. The van der Waals surface area contributed by atoms with Gasteiger partial charge in [-0.05, 0) is 32.5 Å². The topological polar surface area (TPSA) is 62.9 Å². The highest BCUT2D eigenvalue weighted by atomic mass is 28.4. The van der Waals surface area contributed by atoms with Gasteiger partial charge in [0.2, 0.25) is 0 Å². The Hall–Kier alpha value is -0.243. The van der Waals surface area contributed by atoms with Crippen LogP contribution in [-0.4, -0.2) is 48.9 Å². The van der Waals surface area contributed by atoms with Crippen LogP contribution in [0.4, 0.5) is 0 Å². The number of hydrogen-bond acceptors (Lipinski definition) is 5. The Morgan fingerprint density at radius 1 is 1.12 bits per heavy atom. The zero-order chi connectivity index (χ0) is 13.4. The Labute approximate surface area is 105 Å². The highest BCUT2D eigenvalue weighted by molar-refractivity contribution is 6.66. The molecule has 0 atom stereocenters. The average Bonchev–Trinajstić information content (AvgIpc) is 2.32. The van der Waals surface area contributed by atoms with Crippen molar-refractivity contribution in [2.24, 2.45) is 5.73 Å². The largest absolute Gasteiger partial charge is 0.528 e. The molecule has 5 nitrogen and oxygen atoms in total. The first kappa shape index (κ1) is 16.8. The monoisotopic (exact) mass is 263 g/mol. The number of rotatable bonds is 9. The molecule has 0 fully saturated rings. The molecule has 0 aliphatic rings. The summed E-state index contributed by atoms with van der Waals surface area (Å²) < 4.78 is 21.6. The van der Waals surface area contributed by atoms with E-state index in [4.69, 9.17) is 23.7 Å². The van der Waals surface area contributed by atoms with E-state index in [1.54, 1.807) is 21.3 Å². The molecule has 17 heavy (non-hydrogen) atoms. The fraction of sp³-hybridized carbons (Fsp3) is 0.818. The van der Waals surface area contributed by atoms with Crippen LogP contribution in [0.3, 0.4) is 0 Å². The molecule has 0 spiro atoms. The highest BCUT2D eigenvalue weighted by Gasteiger charge is 2.35. The molecule has 0 aromatic heterocycles. The van der Waals surface area contributed by atoms with Crippen LogP contribution in [0.25, 0.3) is 0 Å². The highest BCUT2D eigenvalue weighted by Crippen LogP contribution is 2.15. The number of nitrogens with two attached hydrogens (primary N) is 1. The number of ether oxygens (including phenoxy) is 1. The molecular formula is C11H25NO4Si. The summed E-state index contributed by atoms with van der Waals surface area (Å²) in [6.07, 6.45) is 2.75. The van der Waals surface area contributed by atoms with Crippen LogP contribution in [0, 0.1) is 0 Å². The van der Waals surface area contributed by atoms with Gasteiger partial charge in [-0.2, -0.15) is 0 Å². The molecule has 0 amide bonds. The summed E-state index contributed by atoms with van der Waals surface area (Å²) in [4.78, 5) is 0. The maximum atomic E-state index is 5.69. The lowest BCUT2D eigenvalue weighted by Gasteiger charge is -2.25. The van der Waals surface area contributed by atoms with E-state index in [0.717, 1.165) is 6.42 Å². The molecule has 0 aromatic rings. The van der Waals surface area contributed by atoms with Gasteiger partial charge in [-0.1, -0.05) is 6.08 Å². The summed E-state index contributed by atoms with van der Waals surface area (Å²) in [5.74, 6) is 0. The molecule has 2 N–H and O–H groups in total. The van der Waals surface area contributed by atoms with Gasteiger partial charge in [0, 0.05) is 27.9 Å². The van der Waals surface area contributed by atoms with Crippen molar-refractivity contribution in [3.8, 4) is 0 Å². The van der Waals surface area contributed by atoms with Gasteiger partial charge >= 0.3 is 8.80 Å². The standard InChI is InChI=1S/C11H25NO4Si/c1-11(2,16-9-6-8-12)7-10-17(13-3,14-4)15-5/h7,10H,6,8-9,12H2,1-5H3. The van der Waals surface area contributed by atoms with Crippen molar-refractivity contribution in [2.75, 3.05) is 34.5 Å². The van der Waals surface area contributed by atoms with Crippen LogP contribution in [0.1, 0.15) is 20.3 Å². The quantitative estimate of drug-likeness (QED) is 0.498. The minimum absolute atomic E-state index is 0.386. The smallest absolute Gasteiger partial charge is 0.374 e. The van der Waals surface area contributed by atoms with E-state index in [9.17, 15) is 0 Å². The molecule has 0 unspecified atom stereocenters. The molecule has 0 rings (SSSR count). The molecule has 0 saturated heterocycles. The van der Waals surface area contributed by atoms with E-state index < -0.39 is 8.80 Å². The zero-order valence-electron chi connectivity index (χ0n) is 11.5. The van der Waals surface area contributed by atoms with Crippen LogP contribution in [0.5, 0.6) is 0 Å². The molecule has 0 aliphatic heterocycles. The third-order valence-corrected chi connectivity index (χ3v) is 4.65. The first-order valence-electron chi connectivity index (χ1n) is 5.65. The van der Waals surface area contributed by atoms with E-state index in [-0.39, 0.29) is 5.60 Å². The van der Waals surface area contributed by atoms with E-state index in [1.807, 2.05) is 25.6 Å². The van der Waals surface area contributed by atoms with Crippen LogP contribution in [-0.2, 0) is 18.0 Å². The molecule has 6 heteroatoms. The molecule has 0 radical (unpaired) electrons. The predicted octanol–water partition coefficient (Wildman–Crippen LogP) is 1.10. The van der Waals surface area contributed by atoms with Crippen molar-refractivity contribution in [3.05, 3.63) is 11.8 Å². The molecule has 0 aliphatic carbocycles. The lowest BCUT2D eigenvalue weighted by molar-refractivity contribution is 0.0188. The second-order valence-electron chi connectivity index (χ2n) is 4.14. The second-order valence-corrected chi connectivity index (χ2v) is 6.91. The molecule has 0 saturated carbocycles. The van der Waals surface area contributed by atoms with Crippen molar-refractivity contribution >= 4 is 8.80 Å². The van der Waals surface area contributed by atoms with Crippen molar-refractivity contribution in [3.63, 3.8) is 0 Å². The van der Waals surface area contributed by atoms with Crippen LogP contribution < -0.4 is 5.73 Å². The molecule has 0 aromatic carbocycles. The lowest BCUT2D eigenvalue weighted by Crippen LogP contribution is -2.41. The zero-order valence-corrected chi connectivity index (χ0v) is 12.5. The number of hydrogen-bond donors (Lipinski definition) is 1. The molecule has 0 bridgehead atoms. The van der Waals surface area contributed by atoms with Gasteiger partial charge in [-0.15, -0.1) is 0 Å². The average molecular weight is 263 g/mol. The SMILES string of the molecule is CO[Si](C=CC(C)(C)OCCCN)(OC)OC. The predicted molar refractivity (Wildman–Crippen MR) is 69.6 cm³/mol. The maximum Gasteiger partial charge on any atom is 0.528 e. The minimum Gasteiger partial charge on any atom is -0.374 e. The lowest BCUT2D eigenvalue weighted by atomic mass is 10.1. The molecule has 102 valence electrons. The summed E-state index contributed by atoms with van der Waals surface area (Å²) in [7, 11) is 2.07. The van der Waals surface area contributed by atoms with Crippen molar-refractivity contribution in [2.45, 2.75) is 25.9 Å². The summed E-state index contributed by atoms with van der Waals surface area (Å²) >= 11 is 0. The normalized spacial score (nSPS) is 13.5. The van der Waals surface area contributed by atoms with E-state index in [1.165, 1.54) is 0 Å². The van der Waals surface area contributed by atoms with Gasteiger partial charge in [-0.3, -0.25) is 0 Å². The van der Waals surface area contributed by atoms with E-state index >= 15 is 0 Å². The molecular weight excluding hydrogens is 238 g/mol. The van der Waals surface area contributed by atoms with Gasteiger partial charge < -0.3 is 23.7 Å². The van der Waals surface area contributed by atoms with Gasteiger partial charge in [-0.25, -0.2) is 0 Å². The first-order valence-corrected chi connectivity index (χ1v) is 7.45. The third-order valence-electron chi connectivity index (χ3n) is 2.36. The fourth-order valence-electron chi connectivity index (χ4n) is 1.22. The Kier molecular flexibility index (Phi) is 7.85. The Morgan fingerprint density at radius 2 is 1.65 bits per heavy atom. The Morgan fingerprint density at radius 3 is 2.06 bits per heavy atom. The Bertz CT molecular complexity index is 221. The van der Waals surface area contributed by atoms with Crippen molar-refractivity contribution in [1.29, 1.82) is 0 Å². The van der Waals surface area contributed by atoms with Gasteiger partial charge in [0.25, 0.3) is 0 Å². The van der Waals surface area contributed by atoms with Gasteiger partial charge in [0.05, 0.1) is 5.60 Å². The second kappa shape index (κ2) is 7.96. The van der Waals surface area contributed by atoms with Crippen LogP contribution >= 0.6 is 0 Å². The summed E-state index contributed by atoms with van der Waals surface area (Å²) in [6.45, 7) is 5.21. The minimum atomic E-state index is -2.66. The van der Waals surface area contributed by atoms with E-state index in [0.29, 0.717) is 13.2 Å².